The monoisotopic (exact) mass is 275 g/mol. The van der Waals surface area contributed by atoms with E-state index in [0.717, 1.165) is 11.4 Å². The van der Waals surface area contributed by atoms with E-state index in [1.807, 2.05) is 31.2 Å². The molecule has 1 aromatic carbocycles. The lowest BCUT2D eigenvalue weighted by molar-refractivity contribution is 0.0695. The minimum atomic E-state index is -0.974. The van der Waals surface area contributed by atoms with E-state index in [9.17, 15) is 4.79 Å². The summed E-state index contributed by atoms with van der Waals surface area (Å²) in [6.07, 6.45) is 1.36. The van der Waals surface area contributed by atoms with E-state index in [1.54, 1.807) is 11.7 Å². The van der Waals surface area contributed by atoms with E-state index in [0.29, 0.717) is 18.8 Å². The molecule has 2 N–H and O–H groups in total. The molecule has 0 fully saturated rings. The Bertz CT molecular complexity index is 607. The van der Waals surface area contributed by atoms with E-state index in [4.69, 9.17) is 9.84 Å². The molecule has 20 heavy (non-hydrogen) atoms. The zero-order valence-electron chi connectivity index (χ0n) is 11.5. The number of ether oxygens (including phenoxy) is 1. The summed E-state index contributed by atoms with van der Waals surface area (Å²) < 4.78 is 6.98. The molecule has 0 amide bonds. The Labute approximate surface area is 117 Å². The van der Waals surface area contributed by atoms with E-state index in [2.05, 4.69) is 10.4 Å². The first kappa shape index (κ1) is 13.9. The average molecular weight is 275 g/mol. The summed E-state index contributed by atoms with van der Waals surface area (Å²) in [7, 11) is 1.72. The maximum Gasteiger partial charge on any atom is 0.339 e. The third kappa shape index (κ3) is 3.09. The van der Waals surface area contributed by atoms with E-state index in [-0.39, 0.29) is 5.56 Å². The fraction of sp³-hybridized carbons (Fsp3) is 0.286. The molecule has 0 spiro atoms. The maximum atomic E-state index is 11.1. The van der Waals surface area contributed by atoms with Gasteiger partial charge in [0.25, 0.3) is 0 Å². The Kier molecular flexibility index (Phi) is 4.24. The minimum absolute atomic E-state index is 0.209. The number of hydrogen-bond acceptors (Lipinski definition) is 4. The summed E-state index contributed by atoms with van der Waals surface area (Å²) in [4.78, 5) is 11.1. The van der Waals surface area contributed by atoms with Crippen LogP contribution in [0.2, 0.25) is 0 Å². The van der Waals surface area contributed by atoms with Gasteiger partial charge in [0.1, 0.15) is 11.3 Å². The number of rotatable bonds is 6. The highest BCUT2D eigenvalue weighted by atomic mass is 16.5. The highest BCUT2D eigenvalue weighted by Crippen LogP contribution is 2.18. The Morgan fingerprint density at radius 2 is 2.30 bits per heavy atom. The van der Waals surface area contributed by atoms with Gasteiger partial charge in [0.05, 0.1) is 25.0 Å². The summed E-state index contributed by atoms with van der Waals surface area (Å²) in [6, 6.07) is 7.54. The molecule has 0 saturated carbocycles. The minimum Gasteiger partial charge on any atom is -0.494 e. The first-order chi connectivity index (χ1) is 9.61. The smallest absolute Gasteiger partial charge is 0.339 e. The van der Waals surface area contributed by atoms with Crippen molar-refractivity contribution in [3.05, 3.63) is 41.7 Å². The molecular weight excluding hydrogens is 258 g/mol. The number of aryl methyl sites for hydroxylation is 1. The summed E-state index contributed by atoms with van der Waals surface area (Å²) in [6.45, 7) is 2.91. The standard InChI is InChI=1S/C14H17N3O3/c1-3-20-11-6-4-5-10(7-11)15-9-13-12(14(18)19)8-16-17(13)2/h4-8,15H,3,9H2,1-2H3,(H,18,19). The van der Waals surface area contributed by atoms with Crippen molar-refractivity contribution in [2.75, 3.05) is 11.9 Å². The van der Waals surface area contributed by atoms with Crippen molar-refractivity contribution >= 4 is 11.7 Å². The van der Waals surface area contributed by atoms with Crippen molar-refractivity contribution in [2.24, 2.45) is 7.05 Å². The Morgan fingerprint density at radius 3 is 3.00 bits per heavy atom. The van der Waals surface area contributed by atoms with E-state index < -0.39 is 5.97 Å². The van der Waals surface area contributed by atoms with Gasteiger partial charge in [-0.3, -0.25) is 4.68 Å². The maximum absolute atomic E-state index is 11.1. The van der Waals surface area contributed by atoms with Gasteiger partial charge >= 0.3 is 5.97 Å². The molecule has 1 heterocycles. The van der Waals surface area contributed by atoms with Gasteiger partial charge in [-0.1, -0.05) is 6.07 Å². The molecule has 1 aromatic heterocycles. The lowest BCUT2D eigenvalue weighted by Crippen LogP contribution is -2.10. The van der Waals surface area contributed by atoms with Crippen molar-refractivity contribution in [3.63, 3.8) is 0 Å². The summed E-state index contributed by atoms with van der Waals surface area (Å²) in [5.74, 6) is -0.195. The van der Waals surface area contributed by atoms with Crippen LogP contribution < -0.4 is 10.1 Å². The molecule has 6 nitrogen and oxygen atoms in total. The SMILES string of the molecule is CCOc1cccc(NCc2c(C(=O)O)cnn2C)c1. The summed E-state index contributed by atoms with van der Waals surface area (Å²) in [5, 5.41) is 16.2. The quantitative estimate of drug-likeness (QED) is 0.844. The summed E-state index contributed by atoms with van der Waals surface area (Å²) in [5.41, 5.74) is 1.70. The second-order valence-electron chi connectivity index (χ2n) is 4.25. The van der Waals surface area contributed by atoms with Crippen molar-refractivity contribution in [2.45, 2.75) is 13.5 Å². The van der Waals surface area contributed by atoms with Crippen molar-refractivity contribution < 1.29 is 14.6 Å². The van der Waals surface area contributed by atoms with E-state index in [1.165, 1.54) is 6.20 Å². The fourth-order valence-electron chi connectivity index (χ4n) is 1.90. The summed E-state index contributed by atoms with van der Waals surface area (Å²) >= 11 is 0. The first-order valence-electron chi connectivity index (χ1n) is 6.32. The predicted octanol–water partition coefficient (Wildman–Crippen LogP) is 2.13. The van der Waals surface area contributed by atoms with Crippen molar-refractivity contribution in [1.82, 2.24) is 9.78 Å². The number of benzene rings is 1. The highest BCUT2D eigenvalue weighted by Gasteiger charge is 2.14. The van der Waals surface area contributed by atoms with Crippen LogP contribution >= 0.6 is 0 Å². The third-order valence-corrected chi connectivity index (χ3v) is 2.90. The van der Waals surface area contributed by atoms with Crippen LogP contribution in [-0.2, 0) is 13.6 Å². The molecule has 0 unspecified atom stereocenters. The van der Waals surface area contributed by atoms with Crippen LogP contribution in [0.1, 0.15) is 23.0 Å². The molecule has 0 aliphatic rings. The molecular formula is C14H17N3O3. The van der Waals surface area contributed by atoms with Gasteiger partial charge < -0.3 is 15.2 Å². The lowest BCUT2D eigenvalue weighted by atomic mass is 10.2. The van der Waals surface area contributed by atoms with E-state index >= 15 is 0 Å². The zero-order chi connectivity index (χ0) is 14.5. The van der Waals surface area contributed by atoms with Gasteiger partial charge in [-0.2, -0.15) is 5.10 Å². The van der Waals surface area contributed by atoms with Gasteiger partial charge in [-0.05, 0) is 19.1 Å². The number of anilines is 1. The number of aromatic carboxylic acids is 1. The second-order valence-corrected chi connectivity index (χ2v) is 4.25. The molecule has 2 aromatic rings. The van der Waals surface area contributed by atoms with Crippen LogP contribution in [0, 0.1) is 0 Å². The van der Waals surface area contributed by atoms with Gasteiger partial charge in [-0.15, -0.1) is 0 Å². The number of carbonyl (C=O) groups is 1. The van der Waals surface area contributed by atoms with Crippen molar-refractivity contribution in [3.8, 4) is 5.75 Å². The van der Waals surface area contributed by atoms with Gasteiger partial charge in [0.2, 0.25) is 0 Å². The third-order valence-electron chi connectivity index (χ3n) is 2.90. The van der Waals surface area contributed by atoms with Crippen molar-refractivity contribution in [1.29, 1.82) is 0 Å². The van der Waals surface area contributed by atoms with Crippen LogP contribution in [0.15, 0.2) is 30.5 Å². The van der Waals surface area contributed by atoms with Gasteiger partial charge in [-0.25, -0.2) is 4.79 Å². The molecule has 0 radical (unpaired) electrons. The lowest BCUT2D eigenvalue weighted by Gasteiger charge is -2.10. The van der Waals surface area contributed by atoms with Gasteiger partial charge in [0.15, 0.2) is 0 Å². The number of carboxylic acids is 1. The molecule has 6 heteroatoms. The molecule has 0 saturated heterocycles. The predicted molar refractivity (Wildman–Crippen MR) is 75.1 cm³/mol. The topological polar surface area (TPSA) is 76.4 Å². The highest BCUT2D eigenvalue weighted by molar-refractivity contribution is 5.88. The van der Waals surface area contributed by atoms with Crippen LogP contribution in [0.25, 0.3) is 0 Å². The second kappa shape index (κ2) is 6.10. The largest absolute Gasteiger partial charge is 0.494 e. The van der Waals surface area contributed by atoms with Crippen LogP contribution in [0.5, 0.6) is 5.75 Å². The number of nitrogens with one attached hydrogen (secondary N) is 1. The fourth-order valence-corrected chi connectivity index (χ4v) is 1.90. The number of carboxylic acid groups (broad SMARTS) is 1. The molecule has 0 atom stereocenters. The molecule has 0 aliphatic heterocycles. The first-order valence-corrected chi connectivity index (χ1v) is 6.32. The van der Waals surface area contributed by atoms with Crippen LogP contribution in [0.3, 0.4) is 0 Å². The molecule has 0 bridgehead atoms. The molecule has 2 rings (SSSR count). The Hall–Kier alpha value is -2.50. The average Bonchev–Trinajstić information content (AvgIpc) is 2.79. The Morgan fingerprint density at radius 1 is 1.50 bits per heavy atom. The number of aromatic nitrogens is 2. The number of hydrogen-bond donors (Lipinski definition) is 2. The van der Waals surface area contributed by atoms with Crippen LogP contribution in [0.4, 0.5) is 5.69 Å². The molecule has 0 aliphatic carbocycles. The molecule has 106 valence electrons. The number of nitrogens with zero attached hydrogens (tertiary/aromatic N) is 2. The van der Waals surface area contributed by atoms with Crippen LogP contribution in [-0.4, -0.2) is 27.5 Å². The zero-order valence-corrected chi connectivity index (χ0v) is 11.5. The normalized spacial score (nSPS) is 10.3. The Balaban J connectivity index is 2.11. The van der Waals surface area contributed by atoms with Gasteiger partial charge in [0, 0.05) is 18.8 Å².